The first kappa shape index (κ1) is 12.2. The summed E-state index contributed by atoms with van der Waals surface area (Å²) in [5.41, 5.74) is 1.55. The lowest BCUT2D eigenvalue weighted by atomic mass is 10.1. The van der Waals surface area contributed by atoms with Gasteiger partial charge in [-0.15, -0.1) is 0 Å². The highest BCUT2D eigenvalue weighted by Gasteiger charge is 2.03. The number of amides is 1. The molecule has 0 heterocycles. The Morgan fingerprint density at radius 2 is 2.19 bits per heavy atom. The summed E-state index contributed by atoms with van der Waals surface area (Å²) in [6.07, 6.45) is -0.901. The van der Waals surface area contributed by atoms with E-state index in [0.29, 0.717) is 12.1 Å². The minimum Gasteiger partial charge on any atom is -0.453 e. The number of methoxy groups -OCH3 is 1. The van der Waals surface area contributed by atoms with Gasteiger partial charge in [0.2, 0.25) is 0 Å². The summed E-state index contributed by atoms with van der Waals surface area (Å²) >= 11 is 0. The second-order valence-corrected chi connectivity index (χ2v) is 3.18. The fourth-order valence-corrected chi connectivity index (χ4v) is 1.17. The van der Waals surface area contributed by atoms with Crippen LogP contribution in [-0.2, 0) is 11.2 Å². The van der Waals surface area contributed by atoms with E-state index < -0.39 is 12.3 Å². The molecule has 1 aromatic carbocycles. The normalized spacial score (nSPS) is 11.6. The van der Waals surface area contributed by atoms with E-state index in [0.717, 1.165) is 5.56 Å². The molecule has 0 aliphatic heterocycles. The topological polar surface area (TPSA) is 70.9 Å². The third-order valence-electron chi connectivity index (χ3n) is 2.01. The van der Waals surface area contributed by atoms with E-state index in [9.17, 15) is 9.90 Å². The first-order valence-corrected chi connectivity index (χ1v) is 4.73. The maximum absolute atomic E-state index is 10.9. The molecule has 1 atom stereocenters. The lowest BCUT2D eigenvalue weighted by molar-refractivity contribution is 0.185. The Balaban J connectivity index is 2.60. The van der Waals surface area contributed by atoms with Gasteiger partial charge in [0.05, 0.1) is 7.11 Å². The molecule has 0 aliphatic rings. The van der Waals surface area contributed by atoms with E-state index in [4.69, 9.17) is 0 Å². The van der Waals surface area contributed by atoms with Crippen LogP contribution in [0.2, 0.25) is 0 Å². The molecule has 0 saturated heterocycles. The van der Waals surface area contributed by atoms with Crippen LogP contribution in [0.5, 0.6) is 0 Å². The fraction of sp³-hybridized carbons (Fsp3) is 0.273. The van der Waals surface area contributed by atoms with Crippen LogP contribution < -0.4 is 5.32 Å². The van der Waals surface area contributed by atoms with Gasteiger partial charge >= 0.3 is 6.09 Å². The third kappa shape index (κ3) is 3.70. The van der Waals surface area contributed by atoms with Gasteiger partial charge in [0.25, 0.3) is 0 Å². The van der Waals surface area contributed by atoms with Crippen molar-refractivity contribution < 1.29 is 14.6 Å². The summed E-state index contributed by atoms with van der Waals surface area (Å²) in [7, 11) is 1.30. The molecule has 1 amide bonds. The van der Waals surface area contributed by atoms with E-state index in [-0.39, 0.29) is 0 Å². The maximum atomic E-state index is 10.9. The van der Waals surface area contributed by atoms with Crippen molar-refractivity contribution in [3.8, 4) is 0 Å². The summed E-state index contributed by atoms with van der Waals surface area (Å²) in [5, 5.41) is 11.8. The van der Waals surface area contributed by atoms with Crippen LogP contribution in [-0.4, -0.2) is 31.3 Å². The summed E-state index contributed by atoms with van der Waals surface area (Å²) in [6.45, 7) is 3.25. The Kier molecular flexibility index (Phi) is 4.47. The highest BCUT2D eigenvalue weighted by Crippen LogP contribution is 2.11. The molecule has 16 heavy (non-hydrogen) atoms. The smallest absolute Gasteiger partial charge is 0.411 e. The summed E-state index contributed by atoms with van der Waals surface area (Å²) in [5.74, 6) is 0. The Labute approximate surface area is 93.8 Å². The number of hydrogen-bond acceptors (Lipinski definition) is 4. The molecular weight excluding hydrogens is 208 g/mol. The first-order chi connectivity index (χ1) is 7.65. The number of benzene rings is 1. The molecule has 0 bridgehead atoms. The molecule has 5 nitrogen and oxygen atoms in total. The molecule has 5 heteroatoms. The van der Waals surface area contributed by atoms with E-state index in [1.165, 1.54) is 7.11 Å². The standard InChI is InChI=1S/C11H14N2O3/c1-12-10(14)7-8-3-5-9(6-4-8)13-11(15)16-2/h3-6,10,14H,1,7H2,2H3,(H,13,15). The zero-order chi connectivity index (χ0) is 12.0. The number of carbonyl (C=O) groups excluding carboxylic acids is 1. The molecule has 0 fully saturated rings. The second kappa shape index (κ2) is 5.87. The van der Waals surface area contributed by atoms with Crippen molar-refractivity contribution in [1.29, 1.82) is 0 Å². The lowest BCUT2D eigenvalue weighted by Crippen LogP contribution is -2.11. The highest BCUT2D eigenvalue weighted by molar-refractivity contribution is 5.84. The van der Waals surface area contributed by atoms with Gasteiger partial charge in [-0.3, -0.25) is 10.3 Å². The van der Waals surface area contributed by atoms with Crippen molar-refractivity contribution >= 4 is 18.5 Å². The maximum Gasteiger partial charge on any atom is 0.411 e. The van der Waals surface area contributed by atoms with Crippen LogP contribution in [0.1, 0.15) is 5.56 Å². The number of anilines is 1. The van der Waals surface area contributed by atoms with Gasteiger partial charge in [-0.2, -0.15) is 0 Å². The zero-order valence-electron chi connectivity index (χ0n) is 9.01. The minimum absolute atomic E-state index is 0.405. The molecule has 0 saturated carbocycles. The number of aliphatic hydroxyl groups is 1. The number of nitrogens with one attached hydrogen (secondary N) is 1. The number of aliphatic hydroxyl groups excluding tert-OH is 1. The van der Waals surface area contributed by atoms with E-state index in [2.05, 4.69) is 21.8 Å². The van der Waals surface area contributed by atoms with Gasteiger partial charge in [0.15, 0.2) is 0 Å². The van der Waals surface area contributed by atoms with Gasteiger partial charge in [-0.1, -0.05) is 12.1 Å². The second-order valence-electron chi connectivity index (χ2n) is 3.18. The minimum atomic E-state index is -0.792. The van der Waals surface area contributed by atoms with Gasteiger partial charge in [-0.05, 0) is 24.4 Å². The van der Waals surface area contributed by atoms with Crippen molar-refractivity contribution in [3.05, 3.63) is 29.8 Å². The number of aliphatic imine (C=N–C) groups is 1. The molecule has 86 valence electrons. The first-order valence-electron chi connectivity index (χ1n) is 4.73. The van der Waals surface area contributed by atoms with Gasteiger partial charge in [-0.25, -0.2) is 4.79 Å². The number of hydrogen-bond donors (Lipinski definition) is 2. The fourth-order valence-electron chi connectivity index (χ4n) is 1.17. The van der Waals surface area contributed by atoms with Gasteiger partial charge in [0.1, 0.15) is 6.23 Å². The molecule has 0 spiro atoms. The molecular formula is C11H14N2O3. The van der Waals surface area contributed by atoms with Gasteiger partial charge < -0.3 is 9.84 Å². The van der Waals surface area contributed by atoms with Crippen molar-refractivity contribution in [1.82, 2.24) is 0 Å². The highest BCUT2D eigenvalue weighted by atomic mass is 16.5. The summed E-state index contributed by atoms with van der Waals surface area (Å²) in [4.78, 5) is 14.4. The monoisotopic (exact) mass is 222 g/mol. The Hall–Kier alpha value is -1.88. The molecule has 0 aromatic heterocycles. The van der Waals surface area contributed by atoms with Crippen molar-refractivity contribution in [2.24, 2.45) is 4.99 Å². The van der Waals surface area contributed by atoms with Crippen LogP contribution in [0, 0.1) is 0 Å². The van der Waals surface area contributed by atoms with Crippen molar-refractivity contribution in [2.75, 3.05) is 12.4 Å². The lowest BCUT2D eigenvalue weighted by Gasteiger charge is -2.07. The van der Waals surface area contributed by atoms with E-state index in [1.807, 2.05) is 0 Å². The Morgan fingerprint density at radius 1 is 1.56 bits per heavy atom. The molecule has 2 N–H and O–H groups in total. The number of nitrogens with zero attached hydrogens (tertiary/aromatic N) is 1. The predicted octanol–water partition coefficient (Wildman–Crippen LogP) is 1.43. The van der Waals surface area contributed by atoms with Crippen LogP contribution in [0.4, 0.5) is 10.5 Å². The Morgan fingerprint density at radius 3 is 2.69 bits per heavy atom. The molecule has 0 radical (unpaired) electrons. The van der Waals surface area contributed by atoms with Crippen LogP contribution >= 0.6 is 0 Å². The largest absolute Gasteiger partial charge is 0.453 e. The number of carbonyl (C=O) groups is 1. The van der Waals surface area contributed by atoms with Crippen LogP contribution in [0.25, 0.3) is 0 Å². The van der Waals surface area contributed by atoms with Crippen LogP contribution in [0.15, 0.2) is 29.3 Å². The summed E-state index contributed by atoms with van der Waals surface area (Å²) < 4.78 is 4.45. The van der Waals surface area contributed by atoms with Crippen LogP contribution in [0.3, 0.4) is 0 Å². The number of rotatable bonds is 4. The summed E-state index contributed by atoms with van der Waals surface area (Å²) in [6, 6.07) is 7.03. The molecule has 1 aromatic rings. The zero-order valence-corrected chi connectivity index (χ0v) is 9.01. The average molecular weight is 222 g/mol. The molecule has 1 rings (SSSR count). The van der Waals surface area contributed by atoms with Crippen molar-refractivity contribution in [3.63, 3.8) is 0 Å². The Bertz CT molecular complexity index is 362. The van der Waals surface area contributed by atoms with Gasteiger partial charge in [0, 0.05) is 12.1 Å². The SMILES string of the molecule is C=NC(O)Cc1ccc(NC(=O)OC)cc1. The van der Waals surface area contributed by atoms with Crippen molar-refractivity contribution in [2.45, 2.75) is 12.6 Å². The number of ether oxygens (including phenoxy) is 1. The average Bonchev–Trinajstić information content (AvgIpc) is 2.31. The molecule has 1 unspecified atom stereocenters. The molecule has 0 aliphatic carbocycles. The predicted molar refractivity (Wildman–Crippen MR) is 61.7 cm³/mol. The third-order valence-corrected chi connectivity index (χ3v) is 2.01. The van der Waals surface area contributed by atoms with E-state index >= 15 is 0 Å². The quantitative estimate of drug-likeness (QED) is 0.757. The van der Waals surface area contributed by atoms with E-state index in [1.54, 1.807) is 24.3 Å².